The third kappa shape index (κ3) is 4.47. The van der Waals surface area contributed by atoms with E-state index in [1.54, 1.807) is 17.2 Å². The molecule has 1 aliphatic rings. The van der Waals surface area contributed by atoms with Crippen molar-refractivity contribution in [3.8, 4) is 0 Å². The zero-order valence-corrected chi connectivity index (χ0v) is 16.6. The Hall–Kier alpha value is -2.97. The van der Waals surface area contributed by atoms with Crippen LogP contribution in [0.4, 0.5) is 16.3 Å². The molecular weight excluding hydrogens is 362 g/mol. The molecule has 0 unspecified atom stereocenters. The summed E-state index contributed by atoms with van der Waals surface area (Å²) in [5.74, 6) is 0.664. The molecule has 1 aliphatic heterocycles. The number of hydrogen-bond donors (Lipinski definition) is 0. The third-order valence-corrected chi connectivity index (χ3v) is 4.68. The van der Waals surface area contributed by atoms with Crippen LogP contribution in [-0.4, -0.2) is 57.7 Å². The number of nitro groups is 1. The maximum absolute atomic E-state index is 12.4. The molecule has 1 saturated heterocycles. The largest absolute Gasteiger partial charge is 0.444 e. The highest BCUT2D eigenvalue weighted by atomic mass is 16.6. The molecule has 1 amide bonds. The van der Waals surface area contributed by atoms with E-state index in [2.05, 4.69) is 9.97 Å². The highest BCUT2D eigenvalue weighted by Gasteiger charge is 2.30. The van der Waals surface area contributed by atoms with Crippen LogP contribution in [0.3, 0.4) is 0 Å². The molecule has 9 heteroatoms. The number of nitro benzene ring substituents is 1. The molecule has 3 rings (SSSR count). The Labute approximate surface area is 163 Å². The van der Waals surface area contributed by atoms with Crippen LogP contribution in [0.1, 0.15) is 33.6 Å². The first-order valence-electron chi connectivity index (χ1n) is 9.26. The summed E-state index contributed by atoms with van der Waals surface area (Å²) in [6.07, 6.45) is 3.11. The number of carbonyl (C=O) groups is 1. The van der Waals surface area contributed by atoms with Crippen LogP contribution in [0, 0.1) is 10.1 Å². The van der Waals surface area contributed by atoms with Gasteiger partial charge in [0.15, 0.2) is 0 Å². The molecule has 0 aliphatic carbocycles. The molecule has 1 aromatic heterocycles. The number of aromatic nitrogens is 2. The third-order valence-electron chi connectivity index (χ3n) is 4.68. The van der Waals surface area contributed by atoms with Crippen molar-refractivity contribution in [1.29, 1.82) is 0 Å². The number of non-ortho nitro benzene ring substituents is 1. The SMILES string of the molecule is CN(c1cnc2cc([N+](=O)[O-])ccc2n1)[C@@H]1CCCN(C(=O)OC(C)(C)C)C1. The standard InChI is InChI=1S/C19H25N5O4/c1-19(2,3)28-18(25)23-9-5-6-14(12-23)22(4)17-11-20-16-10-13(24(26)27)7-8-15(16)21-17/h7-8,10-11,14H,5-6,9,12H2,1-4H3/t14-/m1/s1. The smallest absolute Gasteiger partial charge is 0.410 e. The highest BCUT2D eigenvalue weighted by molar-refractivity contribution is 5.78. The Kier molecular flexibility index (Phi) is 5.35. The first kappa shape index (κ1) is 19.8. The molecule has 1 atom stereocenters. The summed E-state index contributed by atoms with van der Waals surface area (Å²) in [7, 11) is 1.92. The molecule has 1 aromatic carbocycles. The molecule has 9 nitrogen and oxygen atoms in total. The lowest BCUT2D eigenvalue weighted by molar-refractivity contribution is -0.384. The molecule has 150 valence electrons. The van der Waals surface area contributed by atoms with Gasteiger partial charge in [0.2, 0.25) is 0 Å². The quantitative estimate of drug-likeness (QED) is 0.588. The molecule has 28 heavy (non-hydrogen) atoms. The van der Waals surface area contributed by atoms with Crippen LogP contribution in [-0.2, 0) is 4.74 Å². The van der Waals surface area contributed by atoms with Gasteiger partial charge in [-0.3, -0.25) is 15.1 Å². The maximum atomic E-state index is 12.4. The molecular formula is C19H25N5O4. The van der Waals surface area contributed by atoms with Gasteiger partial charge in [0.25, 0.3) is 5.69 Å². The van der Waals surface area contributed by atoms with Crippen LogP contribution >= 0.6 is 0 Å². The van der Waals surface area contributed by atoms with Crippen molar-refractivity contribution >= 4 is 28.6 Å². The summed E-state index contributed by atoms with van der Waals surface area (Å²) in [5.41, 5.74) is 0.533. The van der Waals surface area contributed by atoms with E-state index >= 15 is 0 Å². The number of anilines is 1. The van der Waals surface area contributed by atoms with Gasteiger partial charge in [-0.05, 0) is 39.7 Å². The van der Waals surface area contributed by atoms with Crippen molar-refractivity contribution in [3.63, 3.8) is 0 Å². The second-order valence-electron chi connectivity index (χ2n) is 7.99. The first-order chi connectivity index (χ1) is 13.1. The number of likely N-dealkylation sites (tertiary alicyclic amines) is 1. The summed E-state index contributed by atoms with van der Waals surface area (Å²) >= 11 is 0. The van der Waals surface area contributed by atoms with Crippen molar-refractivity contribution in [1.82, 2.24) is 14.9 Å². The van der Waals surface area contributed by atoms with Gasteiger partial charge in [-0.2, -0.15) is 0 Å². The van der Waals surface area contributed by atoms with Gasteiger partial charge in [0.1, 0.15) is 11.4 Å². The normalized spacial score (nSPS) is 17.4. The van der Waals surface area contributed by atoms with Gasteiger partial charge >= 0.3 is 6.09 Å². The van der Waals surface area contributed by atoms with Crippen molar-refractivity contribution < 1.29 is 14.5 Å². The zero-order chi connectivity index (χ0) is 20.5. The second kappa shape index (κ2) is 7.57. The number of piperidine rings is 1. The monoisotopic (exact) mass is 387 g/mol. The number of likely N-dealkylation sites (N-methyl/N-ethyl adjacent to an activating group) is 1. The predicted molar refractivity (Wildman–Crippen MR) is 105 cm³/mol. The Bertz CT molecular complexity index is 896. The Balaban J connectivity index is 1.75. The first-order valence-corrected chi connectivity index (χ1v) is 9.26. The molecule has 0 N–H and O–H groups in total. The number of benzene rings is 1. The van der Waals surface area contributed by atoms with Crippen molar-refractivity contribution in [2.75, 3.05) is 25.0 Å². The van der Waals surface area contributed by atoms with E-state index in [1.807, 2.05) is 32.7 Å². The van der Waals surface area contributed by atoms with Gasteiger partial charge < -0.3 is 14.5 Å². The molecule has 2 heterocycles. The van der Waals surface area contributed by atoms with Gasteiger partial charge in [0, 0.05) is 38.3 Å². The number of fused-ring (bicyclic) bond motifs is 1. The lowest BCUT2D eigenvalue weighted by atomic mass is 10.0. The number of hydrogen-bond acceptors (Lipinski definition) is 7. The molecule has 1 fully saturated rings. The summed E-state index contributed by atoms with van der Waals surface area (Å²) in [4.78, 5) is 35.5. The fourth-order valence-electron chi connectivity index (χ4n) is 3.22. The Morgan fingerprint density at radius 1 is 1.36 bits per heavy atom. The average molecular weight is 387 g/mol. The van der Waals surface area contributed by atoms with Gasteiger partial charge in [-0.25, -0.2) is 9.78 Å². The Morgan fingerprint density at radius 2 is 2.11 bits per heavy atom. The van der Waals surface area contributed by atoms with E-state index in [-0.39, 0.29) is 17.8 Å². The maximum Gasteiger partial charge on any atom is 0.410 e. The van der Waals surface area contributed by atoms with E-state index in [0.717, 1.165) is 12.8 Å². The minimum Gasteiger partial charge on any atom is -0.444 e. The van der Waals surface area contributed by atoms with Crippen molar-refractivity contribution in [3.05, 3.63) is 34.5 Å². The van der Waals surface area contributed by atoms with Crippen LogP contribution in [0.5, 0.6) is 0 Å². The fourth-order valence-corrected chi connectivity index (χ4v) is 3.22. The van der Waals surface area contributed by atoms with Gasteiger partial charge in [0.05, 0.1) is 22.2 Å². The number of nitrogens with zero attached hydrogens (tertiary/aromatic N) is 5. The zero-order valence-electron chi connectivity index (χ0n) is 16.6. The van der Waals surface area contributed by atoms with Crippen molar-refractivity contribution in [2.45, 2.75) is 45.3 Å². The van der Waals surface area contributed by atoms with Crippen LogP contribution in [0.25, 0.3) is 11.0 Å². The lowest BCUT2D eigenvalue weighted by Gasteiger charge is -2.38. The molecule has 0 bridgehead atoms. The minimum atomic E-state index is -0.525. The van der Waals surface area contributed by atoms with E-state index in [9.17, 15) is 14.9 Å². The highest BCUT2D eigenvalue weighted by Crippen LogP contribution is 2.24. The second-order valence-corrected chi connectivity index (χ2v) is 7.99. The van der Waals surface area contributed by atoms with Gasteiger partial charge in [-0.15, -0.1) is 0 Å². The lowest BCUT2D eigenvalue weighted by Crippen LogP contribution is -2.50. The van der Waals surface area contributed by atoms with Crippen molar-refractivity contribution in [2.24, 2.45) is 0 Å². The number of amides is 1. The summed E-state index contributed by atoms with van der Waals surface area (Å²) in [5, 5.41) is 10.9. The molecule has 0 radical (unpaired) electrons. The van der Waals surface area contributed by atoms with E-state index in [0.29, 0.717) is 29.9 Å². The van der Waals surface area contributed by atoms with Gasteiger partial charge in [-0.1, -0.05) is 0 Å². The van der Waals surface area contributed by atoms with E-state index < -0.39 is 10.5 Å². The number of ether oxygens (including phenoxy) is 1. The van der Waals surface area contributed by atoms with E-state index in [4.69, 9.17) is 4.74 Å². The topological polar surface area (TPSA) is 102 Å². The van der Waals surface area contributed by atoms with Crippen LogP contribution < -0.4 is 4.90 Å². The predicted octanol–water partition coefficient (Wildman–Crippen LogP) is 3.37. The number of carbonyl (C=O) groups excluding carboxylic acids is 1. The molecule has 0 saturated carbocycles. The summed E-state index contributed by atoms with van der Waals surface area (Å²) in [6, 6.07) is 4.53. The summed E-state index contributed by atoms with van der Waals surface area (Å²) < 4.78 is 5.48. The Morgan fingerprint density at radius 3 is 2.79 bits per heavy atom. The van der Waals surface area contributed by atoms with Crippen LogP contribution in [0.15, 0.2) is 24.4 Å². The number of rotatable bonds is 3. The molecule has 0 spiro atoms. The van der Waals surface area contributed by atoms with Crippen LogP contribution in [0.2, 0.25) is 0 Å². The minimum absolute atomic E-state index is 0.0109. The average Bonchev–Trinajstić information content (AvgIpc) is 2.65. The molecule has 2 aromatic rings. The summed E-state index contributed by atoms with van der Waals surface area (Å²) in [6.45, 7) is 6.78. The van der Waals surface area contributed by atoms with E-state index in [1.165, 1.54) is 12.1 Å². The fraction of sp³-hybridized carbons (Fsp3) is 0.526.